The Labute approximate surface area is 273 Å². The Morgan fingerprint density at radius 3 is 2.33 bits per heavy atom. The van der Waals surface area contributed by atoms with Gasteiger partial charge in [0.05, 0.1) is 24.5 Å². The minimum Gasteiger partial charge on any atom is -0.494 e. The number of likely N-dealkylation sites (tertiary alicyclic amines) is 1. The maximum Gasteiger partial charge on any atom is 0.253 e. The number of hydrogen-bond donors (Lipinski definition) is 1. The first-order chi connectivity index (χ1) is 21.6. The summed E-state index contributed by atoms with van der Waals surface area (Å²) in [5.74, 6) is -1.85. The van der Waals surface area contributed by atoms with Crippen molar-refractivity contribution in [1.29, 1.82) is 0 Å². The normalized spacial score (nSPS) is 26.5. The van der Waals surface area contributed by atoms with Gasteiger partial charge in [0, 0.05) is 42.4 Å². The SMILES string of the molecule is C=CCN(C(=O)[C@H]1[C@H]2C(=O)N(CCCO)C(C(=O)N(CC=C)c3c(C)cccc3C)C23CC(Br)[C@@H]1O3)c1ccc(OCC)cc1. The van der Waals surface area contributed by atoms with Crippen LogP contribution in [-0.4, -0.2) is 83.2 Å². The highest BCUT2D eigenvalue weighted by molar-refractivity contribution is 9.09. The number of amides is 3. The molecular formula is C35H42BrN3O6. The summed E-state index contributed by atoms with van der Waals surface area (Å²) in [5.41, 5.74) is 2.03. The number of nitrogens with zero attached hydrogens (tertiary/aromatic N) is 3. The van der Waals surface area contributed by atoms with Crippen LogP contribution in [0.5, 0.6) is 5.75 Å². The van der Waals surface area contributed by atoms with Gasteiger partial charge in [0.25, 0.3) is 5.91 Å². The second-order valence-corrected chi connectivity index (χ2v) is 13.1. The molecular weight excluding hydrogens is 638 g/mol. The van der Waals surface area contributed by atoms with Crippen molar-refractivity contribution in [3.8, 4) is 5.75 Å². The molecule has 240 valence electrons. The summed E-state index contributed by atoms with van der Waals surface area (Å²) < 4.78 is 12.3. The van der Waals surface area contributed by atoms with Crippen molar-refractivity contribution >= 4 is 45.0 Å². The van der Waals surface area contributed by atoms with Crippen LogP contribution in [0.1, 0.15) is 30.9 Å². The fourth-order valence-corrected chi connectivity index (χ4v) is 8.44. The second kappa shape index (κ2) is 13.5. The Hall–Kier alpha value is -3.47. The maximum absolute atomic E-state index is 14.8. The number of para-hydroxylation sites is 1. The lowest BCUT2D eigenvalue weighted by Gasteiger charge is -2.38. The molecule has 6 atom stereocenters. The number of fused-ring (bicyclic) bond motifs is 1. The van der Waals surface area contributed by atoms with Crippen molar-refractivity contribution in [2.45, 2.75) is 56.2 Å². The van der Waals surface area contributed by atoms with Crippen molar-refractivity contribution in [3.63, 3.8) is 0 Å². The topological polar surface area (TPSA) is 99.6 Å². The van der Waals surface area contributed by atoms with E-state index in [0.29, 0.717) is 24.5 Å². The van der Waals surface area contributed by atoms with Gasteiger partial charge in [-0.25, -0.2) is 0 Å². The monoisotopic (exact) mass is 679 g/mol. The van der Waals surface area contributed by atoms with Crippen molar-refractivity contribution in [3.05, 3.63) is 78.9 Å². The number of rotatable bonds is 13. The lowest BCUT2D eigenvalue weighted by Crippen LogP contribution is -2.57. The third-order valence-electron chi connectivity index (χ3n) is 9.19. The molecule has 3 amide bonds. The predicted octanol–water partition coefficient (Wildman–Crippen LogP) is 4.57. The van der Waals surface area contributed by atoms with Crippen molar-refractivity contribution in [2.75, 3.05) is 42.6 Å². The number of alkyl halides is 1. The summed E-state index contributed by atoms with van der Waals surface area (Å²) in [6, 6.07) is 12.1. The maximum atomic E-state index is 14.8. The van der Waals surface area contributed by atoms with Crippen molar-refractivity contribution in [1.82, 2.24) is 4.90 Å². The lowest BCUT2D eigenvalue weighted by atomic mass is 9.70. The quantitative estimate of drug-likeness (QED) is 0.246. The zero-order valence-corrected chi connectivity index (χ0v) is 27.7. The van der Waals surface area contributed by atoms with Crippen LogP contribution in [0.4, 0.5) is 11.4 Å². The van der Waals surface area contributed by atoms with Gasteiger partial charge in [-0.3, -0.25) is 14.4 Å². The summed E-state index contributed by atoms with van der Waals surface area (Å²) in [5, 5.41) is 9.74. The Morgan fingerprint density at radius 2 is 1.73 bits per heavy atom. The number of halogens is 1. The van der Waals surface area contributed by atoms with E-state index in [9.17, 15) is 19.5 Å². The van der Waals surface area contributed by atoms with Crippen LogP contribution in [0.2, 0.25) is 0 Å². The van der Waals surface area contributed by atoms with E-state index < -0.39 is 29.6 Å². The average Bonchev–Trinajstić information content (AvgIpc) is 3.61. The average molecular weight is 681 g/mol. The predicted molar refractivity (Wildman–Crippen MR) is 178 cm³/mol. The highest BCUT2D eigenvalue weighted by Crippen LogP contribution is 2.60. The fourth-order valence-electron chi connectivity index (χ4n) is 7.49. The van der Waals surface area contributed by atoms with Crippen molar-refractivity contribution < 1.29 is 29.0 Å². The minimum atomic E-state index is -1.22. The number of aliphatic hydroxyl groups is 1. The number of carbonyl (C=O) groups excluding carboxylic acids is 3. The van der Waals surface area contributed by atoms with Gasteiger partial charge in [0.1, 0.15) is 17.4 Å². The molecule has 45 heavy (non-hydrogen) atoms. The Bertz CT molecular complexity index is 1440. The van der Waals surface area contributed by atoms with Gasteiger partial charge in [-0.1, -0.05) is 46.3 Å². The van der Waals surface area contributed by atoms with Crippen LogP contribution in [0.3, 0.4) is 0 Å². The molecule has 0 aromatic heterocycles. The van der Waals surface area contributed by atoms with Gasteiger partial charge in [-0.05, 0) is 69.0 Å². The number of anilines is 2. The molecule has 9 nitrogen and oxygen atoms in total. The Balaban J connectivity index is 1.57. The molecule has 2 bridgehead atoms. The van der Waals surface area contributed by atoms with Gasteiger partial charge < -0.3 is 29.3 Å². The van der Waals surface area contributed by atoms with E-state index in [4.69, 9.17) is 9.47 Å². The number of hydrogen-bond acceptors (Lipinski definition) is 6. The van der Waals surface area contributed by atoms with E-state index >= 15 is 0 Å². The van der Waals surface area contributed by atoms with E-state index in [0.717, 1.165) is 16.8 Å². The van der Waals surface area contributed by atoms with E-state index in [1.54, 1.807) is 26.9 Å². The molecule has 3 heterocycles. The van der Waals surface area contributed by atoms with Crippen LogP contribution >= 0.6 is 15.9 Å². The first-order valence-corrected chi connectivity index (χ1v) is 16.4. The van der Waals surface area contributed by atoms with E-state index in [1.165, 1.54) is 0 Å². The number of aryl methyl sites for hydroxylation is 2. The summed E-state index contributed by atoms with van der Waals surface area (Å²) in [4.78, 5) is 48.4. The number of ether oxygens (including phenoxy) is 2. The molecule has 3 aliphatic heterocycles. The van der Waals surface area contributed by atoms with Crippen LogP contribution in [-0.2, 0) is 19.1 Å². The molecule has 1 spiro atoms. The smallest absolute Gasteiger partial charge is 0.253 e. The summed E-state index contributed by atoms with van der Waals surface area (Å²) >= 11 is 3.77. The third kappa shape index (κ3) is 5.61. The Morgan fingerprint density at radius 1 is 1.09 bits per heavy atom. The van der Waals surface area contributed by atoms with Gasteiger partial charge in [-0.2, -0.15) is 0 Å². The molecule has 2 aromatic carbocycles. The molecule has 2 aromatic rings. The van der Waals surface area contributed by atoms with E-state index in [1.807, 2.05) is 63.2 Å². The van der Waals surface area contributed by atoms with Crippen LogP contribution in [0.15, 0.2) is 67.8 Å². The lowest BCUT2D eigenvalue weighted by molar-refractivity contribution is -0.140. The van der Waals surface area contributed by atoms with Gasteiger partial charge in [-0.15, -0.1) is 13.2 Å². The van der Waals surface area contributed by atoms with Crippen molar-refractivity contribution in [2.24, 2.45) is 11.8 Å². The number of aliphatic hydroxyl groups excluding tert-OH is 1. The standard InChI is InChI=1S/C35H42BrN3O6/c1-6-17-37(24-13-15-25(16-14-24)44-8-3)32(41)27-28-33(42)39(19-10-20-40)31(35(28)21-26(36)30(27)45-35)34(43)38(18-7-2)29-22(4)11-9-12-23(29)5/h6-7,9,11-16,26-28,30-31,40H,1-2,8,10,17-21H2,3-5H3/t26?,27-,28-,30-,31?,35?/m0/s1. The molecule has 3 saturated heterocycles. The molecule has 3 aliphatic rings. The molecule has 1 N–H and O–H groups in total. The minimum absolute atomic E-state index is 0.145. The molecule has 0 aliphatic carbocycles. The van der Waals surface area contributed by atoms with Crippen LogP contribution in [0, 0.1) is 25.7 Å². The Kier molecular flexibility index (Phi) is 9.86. The van der Waals surface area contributed by atoms with Crippen LogP contribution < -0.4 is 14.5 Å². The van der Waals surface area contributed by atoms with Crippen LogP contribution in [0.25, 0.3) is 0 Å². The third-order valence-corrected chi connectivity index (χ3v) is 10.0. The van der Waals surface area contributed by atoms with Gasteiger partial charge in [0.2, 0.25) is 11.8 Å². The summed E-state index contributed by atoms with van der Waals surface area (Å²) in [7, 11) is 0. The number of carbonyl (C=O) groups is 3. The zero-order chi connectivity index (χ0) is 32.5. The second-order valence-electron chi connectivity index (χ2n) is 11.9. The zero-order valence-electron chi connectivity index (χ0n) is 26.2. The van der Waals surface area contributed by atoms with Gasteiger partial charge >= 0.3 is 0 Å². The summed E-state index contributed by atoms with van der Waals surface area (Å²) in [6.45, 7) is 14.6. The van der Waals surface area contributed by atoms with E-state index in [-0.39, 0.29) is 55.2 Å². The largest absolute Gasteiger partial charge is 0.494 e. The van der Waals surface area contributed by atoms with Gasteiger partial charge in [0.15, 0.2) is 0 Å². The fraction of sp³-hybridized carbons (Fsp3) is 0.457. The molecule has 0 saturated carbocycles. The molecule has 3 fully saturated rings. The van der Waals surface area contributed by atoms with E-state index in [2.05, 4.69) is 29.1 Å². The highest BCUT2D eigenvalue weighted by atomic mass is 79.9. The highest BCUT2D eigenvalue weighted by Gasteiger charge is 2.77. The molecule has 3 unspecified atom stereocenters. The molecule has 10 heteroatoms. The molecule has 0 radical (unpaired) electrons. The summed E-state index contributed by atoms with van der Waals surface area (Å²) in [6.07, 6.45) is 3.40. The molecule has 5 rings (SSSR count). The number of benzene rings is 2. The first kappa shape index (κ1) is 32.9. The first-order valence-electron chi connectivity index (χ1n) is 15.5.